The number of amides is 1. The van der Waals surface area contributed by atoms with Gasteiger partial charge in [-0.3, -0.25) is 9.69 Å². The van der Waals surface area contributed by atoms with Crippen LogP contribution in [0.2, 0.25) is 0 Å². The zero-order valence-electron chi connectivity index (χ0n) is 17.5. The first-order chi connectivity index (χ1) is 15.7. The normalized spacial score (nSPS) is 11.2. The lowest BCUT2D eigenvalue weighted by Gasteiger charge is -2.17. The van der Waals surface area contributed by atoms with Crippen molar-refractivity contribution in [2.45, 2.75) is 13.5 Å². The van der Waals surface area contributed by atoms with Crippen molar-refractivity contribution >= 4 is 43.6 Å². The van der Waals surface area contributed by atoms with E-state index in [1.165, 1.54) is 11.3 Å². The van der Waals surface area contributed by atoms with Crippen LogP contribution in [-0.4, -0.2) is 24.6 Å². The van der Waals surface area contributed by atoms with Crippen LogP contribution in [0.3, 0.4) is 0 Å². The van der Waals surface area contributed by atoms with Gasteiger partial charge in [-0.05, 0) is 49.4 Å². The first kappa shape index (κ1) is 20.1. The zero-order valence-corrected chi connectivity index (χ0v) is 18.3. The summed E-state index contributed by atoms with van der Waals surface area (Å²) in [6.07, 6.45) is 1.58. The van der Waals surface area contributed by atoms with E-state index in [1.807, 2.05) is 49.4 Å². The number of methoxy groups -OCH3 is 1. The van der Waals surface area contributed by atoms with Crippen molar-refractivity contribution in [3.8, 4) is 11.5 Å². The maximum Gasteiger partial charge on any atom is 0.296 e. The predicted molar refractivity (Wildman–Crippen MR) is 123 cm³/mol. The number of carbonyl (C=O) groups excluding carboxylic acids is 1. The lowest BCUT2D eigenvalue weighted by molar-refractivity contribution is 0.0958. The van der Waals surface area contributed by atoms with Crippen molar-refractivity contribution in [1.82, 2.24) is 4.98 Å². The van der Waals surface area contributed by atoms with Crippen molar-refractivity contribution < 1.29 is 23.1 Å². The van der Waals surface area contributed by atoms with Crippen LogP contribution in [0.25, 0.3) is 21.2 Å². The van der Waals surface area contributed by atoms with Gasteiger partial charge in [0.2, 0.25) is 0 Å². The minimum absolute atomic E-state index is 0.204. The Balaban J connectivity index is 1.57. The maximum absolute atomic E-state index is 13.6. The molecule has 0 aliphatic rings. The maximum atomic E-state index is 13.6. The fraction of sp³-hybridized carbons (Fsp3) is 0.167. The van der Waals surface area contributed by atoms with Crippen LogP contribution in [0.5, 0.6) is 11.5 Å². The molecule has 0 saturated carbocycles. The first-order valence-electron chi connectivity index (χ1n) is 10.1. The molecule has 3 heterocycles. The lowest BCUT2D eigenvalue weighted by Crippen LogP contribution is -2.29. The summed E-state index contributed by atoms with van der Waals surface area (Å²) in [6, 6.07) is 16.5. The highest BCUT2D eigenvalue weighted by molar-refractivity contribution is 7.22. The fourth-order valence-electron chi connectivity index (χ4n) is 3.46. The Morgan fingerprint density at radius 2 is 2.06 bits per heavy atom. The number of rotatable bonds is 7. The number of anilines is 1. The number of para-hydroxylation sites is 1. The van der Waals surface area contributed by atoms with Gasteiger partial charge in [0.25, 0.3) is 5.91 Å². The second kappa shape index (κ2) is 8.39. The smallest absolute Gasteiger partial charge is 0.296 e. The van der Waals surface area contributed by atoms with E-state index in [0.29, 0.717) is 28.8 Å². The molecule has 8 heteroatoms. The molecule has 0 unspecified atom stereocenters. The molecule has 5 rings (SSSR count). The average Bonchev–Trinajstić information content (AvgIpc) is 3.56. The van der Waals surface area contributed by atoms with E-state index in [-0.39, 0.29) is 18.2 Å². The molecule has 0 saturated heterocycles. The molecule has 0 N–H and O–H groups in total. The SMILES string of the molecule is CCOc1cccc2cc(C(=O)N(Cc3ccco3)c3nc4ccc(OC)cc4s3)oc12. The topological polar surface area (TPSA) is 77.9 Å². The van der Waals surface area contributed by atoms with E-state index >= 15 is 0 Å². The summed E-state index contributed by atoms with van der Waals surface area (Å²) in [7, 11) is 1.62. The van der Waals surface area contributed by atoms with E-state index in [9.17, 15) is 4.79 Å². The molecule has 32 heavy (non-hydrogen) atoms. The van der Waals surface area contributed by atoms with E-state index in [1.54, 1.807) is 30.4 Å². The fourth-order valence-corrected chi connectivity index (χ4v) is 4.46. The average molecular weight is 449 g/mol. The van der Waals surface area contributed by atoms with Crippen LogP contribution in [0, 0.1) is 0 Å². The van der Waals surface area contributed by atoms with Crippen molar-refractivity contribution in [3.05, 3.63) is 72.4 Å². The van der Waals surface area contributed by atoms with Crippen LogP contribution in [0.1, 0.15) is 23.2 Å². The Bertz CT molecular complexity index is 1390. The summed E-state index contributed by atoms with van der Waals surface area (Å²) in [5.74, 6) is 1.87. The number of furan rings is 2. The van der Waals surface area contributed by atoms with Crippen molar-refractivity contribution in [3.63, 3.8) is 0 Å². The molecule has 3 aromatic heterocycles. The Kier molecular flexibility index (Phi) is 5.28. The molecule has 0 spiro atoms. The summed E-state index contributed by atoms with van der Waals surface area (Å²) >= 11 is 1.40. The van der Waals surface area contributed by atoms with Crippen LogP contribution in [0.4, 0.5) is 5.13 Å². The molecule has 7 nitrogen and oxygen atoms in total. The van der Waals surface area contributed by atoms with Crippen molar-refractivity contribution in [2.24, 2.45) is 0 Å². The highest BCUT2D eigenvalue weighted by Crippen LogP contribution is 2.35. The highest BCUT2D eigenvalue weighted by atomic mass is 32.1. The van der Waals surface area contributed by atoms with Crippen LogP contribution < -0.4 is 14.4 Å². The molecule has 0 bridgehead atoms. The van der Waals surface area contributed by atoms with E-state index in [4.69, 9.17) is 18.3 Å². The Labute approximate surface area is 187 Å². The van der Waals surface area contributed by atoms with Gasteiger partial charge in [-0.1, -0.05) is 23.5 Å². The van der Waals surface area contributed by atoms with Gasteiger partial charge >= 0.3 is 0 Å². The van der Waals surface area contributed by atoms with Gasteiger partial charge in [0.1, 0.15) is 11.5 Å². The van der Waals surface area contributed by atoms with Crippen LogP contribution >= 0.6 is 11.3 Å². The molecule has 2 aromatic carbocycles. The molecule has 162 valence electrons. The quantitative estimate of drug-likeness (QED) is 0.309. The number of carbonyl (C=O) groups is 1. The minimum Gasteiger partial charge on any atom is -0.497 e. The molecule has 0 aliphatic heterocycles. The molecule has 5 aromatic rings. The molecular formula is C24H20N2O5S. The molecular weight excluding hydrogens is 428 g/mol. The molecule has 0 fully saturated rings. The van der Waals surface area contributed by atoms with Crippen LogP contribution in [0.15, 0.2) is 69.7 Å². The number of nitrogens with zero attached hydrogens (tertiary/aromatic N) is 2. The summed E-state index contributed by atoms with van der Waals surface area (Å²) in [4.78, 5) is 19.8. The Hall–Kier alpha value is -3.78. The van der Waals surface area contributed by atoms with Gasteiger partial charge in [-0.15, -0.1) is 0 Å². The zero-order chi connectivity index (χ0) is 22.1. The van der Waals surface area contributed by atoms with E-state index in [2.05, 4.69) is 4.98 Å². The van der Waals surface area contributed by atoms with E-state index in [0.717, 1.165) is 21.4 Å². The van der Waals surface area contributed by atoms with Gasteiger partial charge in [0.15, 0.2) is 22.2 Å². The van der Waals surface area contributed by atoms with Crippen molar-refractivity contribution in [2.75, 3.05) is 18.6 Å². The second-order valence-electron chi connectivity index (χ2n) is 7.02. The first-order valence-corrected chi connectivity index (χ1v) is 10.9. The lowest BCUT2D eigenvalue weighted by atomic mass is 10.2. The predicted octanol–water partition coefficient (Wildman–Crippen LogP) is 5.89. The van der Waals surface area contributed by atoms with Crippen LogP contribution in [-0.2, 0) is 6.54 Å². The third-order valence-corrected chi connectivity index (χ3v) is 6.01. The Morgan fingerprint density at radius 3 is 2.84 bits per heavy atom. The molecule has 0 radical (unpaired) electrons. The number of aromatic nitrogens is 1. The van der Waals surface area contributed by atoms with Gasteiger partial charge in [0, 0.05) is 5.39 Å². The van der Waals surface area contributed by atoms with Gasteiger partial charge in [-0.2, -0.15) is 0 Å². The monoisotopic (exact) mass is 448 g/mol. The molecule has 0 atom stereocenters. The summed E-state index contributed by atoms with van der Waals surface area (Å²) < 4.78 is 23.3. The van der Waals surface area contributed by atoms with E-state index < -0.39 is 0 Å². The number of ether oxygens (including phenoxy) is 2. The van der Waals surface area contributed by atoms with Gasteiger partial charge in [-0.25, -0.2) is 4.98 Å². The molecule has 0 aliphatic carbocycles. The third kappa shape index (κ3) is 3.69. The highest BCUT2D eigenvalue weighted by Gasteiger charge is 2.26. The largest absolute Gasteiger partial charge is 0.497 e. The second-order valence-corrected chi connectivity index (χ2v) is 8.03. The molecule has 1 amide bonds. The van der Waals surface area contributed by atoms with Gasteiger partial charge < -0.3 is 18.3 Å². The number of benzene rings is 2. The minimum atomic E-state index is -0.314. The Morgan fingerprint density at radius 1 is 1.16 bits per heavy atom. The number of fused-ring (bicyclic) bond motifs is 2. The number of thiazole rings is 1. The summed E-state index contributed by atoms with van der Waals surface area (Å²) in [5, 5.41) is 1.34. The number of hydrogen-bond acceptors (Lipinski definition) is 7. The third-order valence-electron chi connectivity index (χ3n) is 4.97. The van der Waals surface area contributed by atoms with Crippen molar-refractivity contribution in [1.29, 1.82) is 0 Å². The summed E-state index contributed by atoms with van der Waals surface area (Å²) in [5.41, 5.74) is 1.33. The number of hydrogen-bond donors (Lipinski definition) is 0. The summed E-state index contributed by atoms with van der Waals surface area (Å²) in [6.45, 7) is 2.63. The van der Waals surface area contributed by atoms with Gasteiger partial charge in [0.05, 0.1) is 36.7 Å². The standard InChI is InChI=1S/C24H20N2O5S/c1-3-29-19-8-4-6-15-12-20(31-22(15)19)23(27)26(14-17-7-5-11-30-17)24-25-18-10-9-16(28-2)13-21(18)32-24/h4-13H,3,14H2,1-2H3.